The molecule has 2 fully saturated rings. The van der Waals surface area contributed by atoms with Crippen LogP contribution < -0.4 is 4.90 Å². The summed E-state index contributed by atoms with van der Waals surface area (Å²) in [6.45, 7) is 2.66. The summed E-state index contributed by atoms with van der Waals surface area (Å²) in [5, 5.41) is 9.57. The van der Waals surface area contributed by atoms with Crippen molar-refractivity contribution in [2.45, 2.75) is 32.6 Å². The monoisotopic (exact) mass is 259 g/mol. The Hall–Kier alpha value is -1.51. The van der Waals surface area contributed by atoms with Gasteiger partial charge in [-0.1, -0.05) is 12.5 Å². The normalized spacial score (nSPS) is 28.6. The van der Waals surface area contributed by atoms with E-state index in [0.717, 1.165) is 18.0 Å². The lowest BCUT2D eigenvalue weighted by molar-refractivity contribution is -0.123. The van der Waals surface area contributed by atoms with Crippen LogP contribution >= 0.6 is 0 Å². The molecule has 1 amide bonds. The number of benzene rings is 1. The topological polar surface area (TPSA) is 40.5 Å². The molecule has 3 unspecified atom stereocenters. The highest BCUT2D eigenvalue weighted by atomic mass is 16.3. The molecule has 3 heteroatoms. The highest BCUT2D eigenvalue weighted by Gasteiger charge is 2.44. The smallest absolute Gasteiger partial charge is 0.230 e. The van der Waals surface area contributed by atoms with E-state index in [1.54, 1.807) is 18.2 Å². The van der Waals surface area contributed by atoms with Crippen molar-refractivity contribution in [3.05, 3.63) is 24.3 Å². The Morgan fingerprint density at radius 2 is 2.21 bits per heavy atom. The number of carbonyl (C=O) groups excluding carboxylic acids is 1. The first kappa shape index (κ1) is 12.5. The van der Waals surface area contributed by atoms with E-state index in [1.807, 2.05) is 17.9 Å². The molecular formula is C16H21NO2. The van der Waals surface area contributed by atoms with E-state index in [9.17, 15) is 9.90 Å². The van der Waals surface area contributed by atoms with Crippen molar-refractivity contribution in [1.82, 2.24) is 0 Å². The molecule has 1 aromatic carbocycles. The van der Waals surface area contributed by atoms with Gasteiger partial charge in [-0.15, -0.1) is 0 Å². The largest absolute Gasteiger partial charge is 0.508 e. The van der Waals surface area contributed by atoms with E-state index in [4.69, 9.17) is 0 Å². The van der Waals surface area contributed by atoms with Crippen molar-refractivity contribution in [2.75, 3.05) is 11.4 Å². The molecule has 3 atom stereocenters. The molecule has 2 saturated carbocycles. The van der Waals surface area contributed by atoms with Gasteiger partial charge in [0.25, 0.3) is 0 Å². The number of anilines is 1. The van der Waals surface area contributed by atoms with Gasteiger partial charge in [0.05, 0.1) is 0 Å². The van der Waals surface area contributed by atoms with E-state index >= 15 is 0 Å². The summed E-state index contributed by atoms with van der Waals surface area (Å²) >= 11 is 0. The number of aromatic hydroxyl groups is 1. The minimum absolute atomic E-state index is 0.209. The third-order valence-corrected chi connectivity index (χ3v) is 4.78. The Labute approximate surface area is 114 Å². The van der Waals surface area contributed by atoms with Gasteiger partial charge in [-0.25, -0.2) is 0 Å². The van der Waals surface area contributed by atoms with Gasteiger partial charge in [-0.05, 0) is 50.2 Å². The number of fused-ring (bicyclic) bond motifs is 2. The summed E-state index contributed by atoms with van der Waals surface area (Å²) < 4.78 is 0. The number of amides is 1. The standard InChI is InChI=1S/C16H21NO2/c1-2-17(13-4-3-5-14(18)10-13)16(19)15-9-11-6-7-12(15)8-11/h3-5,10-12,15,18H,2,6-9H2,1H3. The Balaban J connectivity index is 1.80. The molecule has 3 rings (SSSR count). The zero-order valence-electron chi connectivity index (χ0n) is 11.4. The van der Waals surface area contributed by atoms with Crippen LogP contribution in [-0.4, -0.2) is 17.6 Å². The number of nitrogens with zero attached hydrogens (tertiary/aromatic N) is 1. The highest BCUT2D eigenvalue weighted by Crippen LogP contribution is 2.49. The fourth-order valence-electron chi connectivity index (χ4n) is 3.87. The van der Waals surface area contributed by atoms with Crippen LogP contribution in [0.2, 0.25) is 0 Å². The lowest BCUT2D eigenvalue weighted by atomic mass is 9.87. The second kappa shape index (κ2) is 4.87. The van der Waals surface area contributed by atoms with E-state index in [0.29, 0.717) is 12.5 Å². The molecule has 0 aromatic heterocycles. The maximum Gasteiger partial charge on any atom is 0.230 e. The van der Waals surface area contributed by atoms with Gasteiger partial charge in [-0.3, -0.25) is 4.79 Å². The lowest BCUT2D eigenvalue weighted by Gasteiger charge is -2.28. The Bertz CT molecular complexity index is 485. The summed E-state index contributed by atoms with van der Waals surface area (Å²) in [7, 11) is 0. The average molecular weight is 259 g/mol. The van der Waals surface area contributed by atoms with Crippen molar-refractivity contribution in [3.63, 3.8) is 0 Å². The van der Waals surface area contributed by atoms with Crippen LogP contribution in [0.3, 0.4) is 0 Å². The minimum atomic E-state index is 0.209. The second-order valence-corrected chi connectivity index (χ2v) is 5.88. The molecule has 102 valence electrons. The molecule has 19 heavy (non-hydrogen) atoms. The predicted octanol–water partition coefficient (Wildman–Crippen LogP) is 3.18. The van der Waals surface area contributed by atoms with E-state index in [-0.39, 0.29) is 17.6 Å². The van der Waals surface area contributed by atoms with Crippen LogP contribution in [0.15, 0.2) is 24.3 Å². The fourth-order valence-corrected chi connectivity index (χ4v) is 3.87. The van der Waals surface area contributed by atoms with E-state index < -0.39 is 0 Å². The summed E-state index contributed by atoms with van der Waals surface area (Å²) in [4.78, 5) is 14.5. The van der Waals surface area contributed by atoms with Crippen LogP contribution in [0.5, 0.6) is 5.75 Å². The molecule has 2 aliphatic rings. The average Bonchev–Trinajstić information content (AvgIpc) is 3.02. The SMILES string of the molecule is CCN(C(=O)C1CC2CCC1C2)c1cccc(O)c1. The summed E-state index contributed by atoms with van der Waals surface area (Å²) in [6.07, 6.45) is 4.85. The predicted molar refractivity (Wildman–Crippen MR) is 75.1 cm³/mol. The third-order valence-electron chi connectivity index (χ3n) is 4.78. The molecule has 0 spiro atoms. The molecular weight excluding hydrogens is 238 g/mol. The number of phenolic OH excluding ortho intramolecular Hbond substituents is 1. The Morgan fingerprint density at radius 1 is 1.37 bits per heavy atom. The van der Waals surface area contributed by atoms with Gasteiger partial charge >= 0.3 is 0 Å². The zero-order valence-corrected chi connectivity index (χ0v) is 11.4. The van der Waals surface area contributed by atoms with Gasteiger partial charge in [0.15, 0.2) is 0 Å². The number of hydrogen-bond donors (Lipinski definition) is 1. The highest BCUT2D eigenvalue weighted by molar-refractivity contribution is 5.95. The first-order chi connectivity index (χ1) is 9.19. The summed E-state index contributed by atoms with van der Waals surface area (Å²) in [5.41, 5.74) is 0.815. The van der Waals surface area contributed by atoms with Gasteiger partial charge in [0.2, 0.25) is 5.91 Å². The second-order valence-electron chi connectivity index (χ2n) is 5.88. The number of carbonyl (C=O) groups is 1. The maximum atomic E-state index is 12.7. The van der Waals surface area contributed by atoms with Gasteiger partial charge in [0.1, 0.15) is 5.75 Å². The molecule has 0 radical (unpaired) electrons. The van der Waals surface area contributed by atoms with Crippen molar-refractivity contribution >= 4 is 11.6 Å². The molecule has 0 heterocycles. The van der Waals surface area contributed by atoms with E-state index in [2.05, 4.69) is 0 Å². The lowest BCUT2D eigenvalue weighted by Crippen LogP contribution is -2.38. The molecule has 0 saturated heterocycles. The van der Waals surface area contributed by atoms with Gasteiger partial charge < -0.3 is 10.0 Å². The third kappa shape index (κ3) is 2.22. The van der Waals surface area contributed by atoms with Crippen LogP contribution in [0.1, 0.15) is 32.6 Å². The van der Waals surface area contributed by atoms with Gasteiger partial charge in [0, 0.05) is 24.2 Å². The first-order valence-corrected chi connectivity index (χ1v) is 7.29. The van der Waals surface area contributed by atoms with Crippen molar-refractivity contribution in [1.29, 1.82) is 0 Å². The van der Waals surface area contributed by atoms with Crippen LogP contribution in [0, 0.1) is 17.8 Å². The van der Waals surface area contributed by atoms with Crippen molar-refractivity contribution < 1.29 is 9.90 Å². The van der Waals surface area contributed by atoms with Crippen molar-refractivity contribution in [3.8, 4) is 5.75 Å². The fraction of sp³-hybridized carbons (Fsp3) is 0.562. The maximum absolute atomic E-state index is 12.7. The minimum Gasteiger partial charge on any atom is -0.508 e. The molecule has 3 nitrogen and oxygen atoms in total. The zero-order chi connectivity index (χ0) is 13.4. The van der Waals surface area contributed by atoms with Crippen LogP contribution in [0.4, 0.5) is 5.69 Å². The first-order valence-electron chi connectivity index (χ1n) is 7.29. The summed E-state index contributed by atoms with van der Waals surface area (Å²) in [6, 6.07) is 7.00. The Morgan fingerprint density at radius 3 is 2.79 bits per heavy atom. The van der Waals surface area contributed by atoms with Crippen molar-refractivity contribution in [2.24, 2.45) is 17.8 Å². The quantitative estimate of drug-likeness (QED) is 0.905. The number of hydrogen-bond acceptors (Lipinski definition) is 2. The molecule has 1 N–H and O–H groups in total. The number of rotatable bonds is 3. The molecule has 0 aliphatic heterocycles. The number of phenols is 1. The van der Waals surface area contributed by atoms with Crippen LogP contribution in [-0.2, 0) is 4.79 Å². The molecule has 1 aromatic rings. The van der Waals surface area contributed by atoms with Gasteiger partial charge in [-0.2, -0.15) is 0 Å². The summed E-state index contributed by atoms with van der Waals surface area (Å²) in [5.74, 6) is 2.06. The van der Waals surface area contributed by atoms with Crippen LogP contribution in [0.25, 0.3) is 0 Å². The van der Waals surface area contributed by atoms with E-state index in [1.165, 1.54) is 19.3 Å². The Kier molecular flexibility index (Phi) is 3.21. The molecule has 2 aliphatic carbocycles. The molecule has 2 bridgehead atoms.